The highest BCUT2D eigenvalue weighted by Crippen LogP contribution is 2.31. The van der Waals surface area contributed by atoms with Crippen LogP contribution in [0, 0.1) is 24.0 Å². The summed E-state index contributed by atoms with van der Waals surface area (Å²) in [4.78, 5) is 21.6. The third-order valence-corrected chi connectivity index (χ3v) is 8.99. The van der Waals surface area contributed by atoms with Crippen molar-refractivity contribution in [3.63, 3.8) is 0 Å². The second kappa shape index (κ2) is 25.9. The third kappa shape index (κ3) is 13.5. The van der Waals surface area contributed by atoms with Crippen molar-refractivity contribution >= 4 is 5.69 Å². The first-order valence-corrected chi connectivity index (χ1v) is 19.7. The van der Waals surface area contributed by atoms with Gasteiger partial charge in [0.25, 0.3) is 0 Å². The van der Waals surface area contributed by atoms with Gasteiger partial charge in [-0.25, -0.2) is 32.5 Å². The van der Waals surface area contributed by atoms with Crippen LogP contribution in [0.2, 0.25) is 0 Å². The van der Waals surface area contributed by atoms with E-state index < -0.39 is 17.4 Å². The Labute approximate surface area is 337 Å². The van der Waals surface area contributed by atoms with Gasteiger partial charge in [-0.1, -0.05) is 53.7 Å². The quantitative estimate of drug-likeness (QED) is 0.0459. The van der Waals surface area contributed by atoms with Gasteiger partial charge in [0.2, 0.25) is 5.79 Å². The van der Waals surface area contributed by atoms with Gasteiger partial charge in [-0.05, 0) is 69.2 Å². The van der Waals surface area contributed by atoms with Crippen LogP contribution < -0.4 is 10.6 Å². The molecule has 2 aromatic heterocycles. The Morgan fingerprint density at radius 3 is 2.18 bits per heavy atom. The minimum absolute atomic E-state index is 0.00155. The lowest BCUT2D eigenvalue weighted by Gasteiger charge is -2.38. The Kier molecular flexibility index (Phi) is 21.9. The fraction of sp³-hybridized carbons (Fsp3) is 0.488. The molecule has 1 saturated heterocycles. The van der Waals surface area contributed by atoms with Crippen molar-refractivity contribution in [1.29, 1.82) is 0 Å². The Morgan fingerprint density at radius 2 is 1.61 bits per heavy atom. The highest BCUT2D eigenvalue weighted by Gasteiger charge is 2.37. The van der Waals surface area contributed by atoms with Crippen LogP contribution in [0.3, 0.4) is 0 Å². The van der Waals surface area contributed by atoms with E-state index in [9.17, 15) is 13.6 Å². The van der Waals surface area contributed by atoms with Crippen LogP contribution in [-0.4, -0.2) is 87.1 Å². The second-order valence-electron chi connectivity index (χ2n) is 12.2. The first-order chi connectivity index (χ1) is 27.7. The van der Waals surface area contributed by atoms with E-state index in [2.05, 4.69) is 69.4 Å². The molecule has 0 amide bonds. The number of anilines is 1. The number of nitrogens with zero attached hydrogens (tertiary/aromatic N) is 8. The molecule has 57 heavy (non-hydrogen) atoms. The maximum atomic E-state index is 14.8. The number of benzene rings is 2. The molecular formula is C43H62F2N8O4. The molecule has 2 aromatic carbocycles. The van der Waals surface area contributed by atoms with E-state index in [1.54, 1.807) is 22.5 Å². The predicted octanol–water partition coefficient (Wildman–Crippen LogP) is 7.77. The van der Waals surface area contributed by atoms with Crippen LogP contribution in [0.4, 0.5) is 14.5 Å². The molecule has 0 radical (unpaired) electrons. The zero-order valence-electron chi connectivity index (χ0n) is 35.2. The molecule has 5 rings (SSSR count). The number of hydrogen-bond donors (Lipinski definition) is 0. The fourth-order valence-electron chi connectivity index (χ4n) is 6.16. The number of allylic oxidation sites excluding steroid dienone is 2. The van der Waals surface area contributed by atoms with Gasteiger partial charge in [0.15, 0.2) is 0 Å². The van der Waals surface area contributed by atoms with Crippen LogP contribution in [0.1, 0.15) is 79.8 Å². The number of ether oxygens (including phenoxy) is 3. The summed E-state index contributed by atoms with van der Waals surface area (Å²) in [6.07, 6.45) is 16.8. The second-order valence-corrected chi connectivity index (χ2v) is 12.2. The van der Waals surface area contributed by atoms with Gasteiger partial charge in [0.05, 0.1) is 31.5 Å². The third-order valence-electron chi connectivity index (χ3n) is 8.99. The molecule has 3 heterocycles. The van der Waals surface area contributed by atoms with Crippen molar-refractivity contribution in [3.05, 3.63) is 113 Å². The Balaban J connectivity index is 0.00000151. The summed E-state index contributed by atoms with van der Waals surface area (Å²) in [6, 6.07) is 11.4. The van der Waals surface area contributed by atoms with E-state index in [4.69, 9.17) is 14.2 Å². The van der Waals surface area contributed by atoms with Crippen LogP contribution in [0.25, 0.3) is 5.69 Å². The molecule has 0 spiro atoms. The lowest BCUT2D eigenvalue weighted by Crippen LogP contribution is -2.45. The van der Waals surface area contributed by atoms with Crippen molar-refractivity contribution in [2.24, 2.45) is 0 Å². The van der Waals surface area contributed by atoms with Crippen molar-refractivity contribution < 1.29 is 23.0 Å². The van der Waals surface area contributed by atoms with Gasteiger partial charge in [0.1, 0.15) is 37.2 Å². The van der Waals surface area contributed by atoms with E-state index >= 15 is 0 Å². The van der Waals surface area contributed by atoms with Gasteiger partial charge >= 0.3 is 5.69 Å². The SMILES string of the molecule is C#CC.C/C=C(\C=C/COCCOC(Cn1cncn1)(OC)c1ccc(F)cc1F)N1CCN(c2ccc(-n3cnn(C(CC)CC)c3=O)cc2)CC1.CC.CC. The summed E-state index contributed by atoms with van der Waals surface area (Å²) in [6.45, 7) is 19.9. The van der Waals surface area contributed by atoms with Gasteiger partial charge < -0.3 is 24.0 Å². The number of aromatic nitrogens is 6. The maximum Gasteiger partial charge on any atom is 0.350 e. The van der Waals surface area contributed by atoms with Crippen molar-refractivity contribution in [2.75, 3.05) is 58.0 Å². The molecule has 0 N–H and O–H groups in total. The number of piperazine rings is 1. The lowest BCUT2D eigenvalue weighted by molar-refractivity contribution is -0.247. The van der Waals surface area contributed by atoms with Gasteiger partial charge in [-0.3, -0.25) is 0 Å². The average molecular weight is 793 g/mol. The van der Waals surface area contributed by atoms with Crippen LogP contribution in [0.15, 0.2) is 90.2 Å². The van der Waals surface area contributed by atoms with Crippen molar-refractivity contribution in [2.45, 2.75) is 86.6 Å². The van der Waals surface area contributed by atoms with Crippen molar-refractivity contribution in [1.82, 2.24) is 34.0 Å². The van der Waals surface area contributed by atoms with Gasteiger partial charge in [0, 0.05) is 56.3 Å². The molecule has 4 aromatic rings. The molecule has 1 aliphatic heterocycles. The van der Waals surface area contributed by atoms with E-state index in [1.165, 1.54) is 30.5 Å². The van der Waals surface area contributed by atoms with Crippen LogP contribution in [0.5, 0.6) is 0 Å². The molecule has 1 unspecified atom stereocenters. The molecule has 0 aliphatic carbocycles. The summed E-state index contributed by atoms with van der Waals surface area (Å²) >= 11 is 0. The monoisotopic (exact) mass is 792 g/mol. The zero-order valence-corrected chi connectivity index (χ0v) is 35.2. The Bertz CT molecular complexity index is 1860. The molecule has 1 aliphatic rings. The van der Waals surface area contributed by atoms with E-state index in [0.717, 1.165) is 68.2 Å². The maximum absolute atomic E-state index is 14.8. The number of halogens is 2. The Hall–Kier alpha value is -5.10. The lowest BCUT2D eigenvalue weighted by atomic mass is 10.0. The Morgan fingerprint density at radius 1 is 0.965 bits per heavy atom. The molecule has 1 fully saturated rings. The minimum atomic E-state index is -1.57. The number of methoxy groups -OCH3 is 1. The topological polar surface area (TPSA) is 105 Å². The van der Waals surface area contributed by atoms with Crippen LogP contribution in [-0.2, 0) is 26.5 Å². The highest BCUT2D eigenvalue weighted by molar-refractivity contribution is 5.51. The summed E-state index contributed by atoms with van der Waals surface area (Å²) in [5.74, 6) is -0.802. The summed E-state index contributed by atoms with van der Waals surface area (Å²) in [5.41, 5.74) is 2.95. The molecule has 1 atom stereocenters. The normalized spacial score (nSPS) is 13.8. The standard InChI is InChI=1S/C36H46F2N8O4.C3H4.2C2H6/c1-5-29(6-2)46-35(47)45(27-41-46)32-13-11-31(12-14-32)43-18-16-42(17-19-43)30(7-3)9-8-20-49-21-22-50-36(48-4,24-44-26-39-25-40-44)33-15-10-28(37)23-34(33)38;1-3-2;2*1-2/h7-15,23,25-27,29H,5-6,16-22,24H2,1-4H3;1H,2H3;2*1-2H3/b9-8-,30-7+;;;. The average Bonchev–Trinajstić information content (AvgIpc) is 3.90. The molecular weight excluding hydrogens is 731 g/mol. The summed E-state index contributed by atoms with van der Waals surface area (Å²) in [5, 5.41) is 8.44. The molecule has 0 bridgehead atoms. The van der Waals surface area contributed by atoms with Gasteiger partial charge in [-0.15, -0.1) is 12.3 Å². The number of rotatable bonds is 17. The molecule has 14 heteroatoms. The first-order valence-electron chi connectivity index (χ1n) is 19.7. The van der Waals surface area contributed by atoms with Gasteiger partial charge in [-0.2, -0.15) is 10.2 Å². The first kappa shape index (κ1) is 48.0. The van der Waals surface area contributed by atoms with Crippen molar-refractivity contribution in [3.8, 4) is 18.0 Å². The summed E-state index contributed by atoms with van der Waals surface area (Å²) in [7, 11) is 1.40. The molecule has 0 saturated carbocycles. The van der Waals surface area contributed by atoms with E-state index in [-0.39, 0.29) is 37.1 Å². The molecule has 312 valence electrons. The number of hydrogen-bond acceptors (Lipinski definition) is 9. The smallest absolute Gasteiger partial charge is 0.350 e. The highest BCUT2D eigenvalue weighted by atomic mass is 19.1. The number of terminal acetylenes is 1. The predicted molar refractivity (Wildman–Crippen MR) is 223 cm³/mol. The largest absolute Gasteiger partial charge is 0.375 e. The van der Waals surface area contributed by atoms with Crippen LogP contribution >= 0.6 is 0 Å². The van der Waals surface area contributed by atoms with E-state index in [1.807, 2.05) is 58.9 Å². The fourth-order valence-corrected chi connectivity index (χ4v) is 6.16. The van der Waals surface area contributed by atoms with E-state index in [0.29, 0.717) is 6.61 Å². The summed E-state index contributed by atoms with van der Waals surface area (Å²) < 4.78 is 50.6. The molecule has 12 nitrogen and oxygen atoms in total. The zero-order chi connectivity index (χ0) is 42.2. The minimum Gasteiger partial charge on any atom is -0.375 e.